The van der Waals surface area contributed by atoms with Crippen LogP contribution >= 0.6 is 22.7 Å². The summed E-state index contributed by atoms with van der Waals surface area (Å²) in [7, 11) is -3.68. The molecule has 1 fully saturated rings. The first kappa shape index (κ1) is 21.8. The Balaban J connectivity index is 1.33. The second kappa shape index (κ2) is 8.40. The number of rotatable bonds is 4. The highest BCUT2D eigenvalue weighted by molar-refractivity contribution is 7.89. The van der Waals surface area contributed by atoms with Gasteiger partial charge in [-0.25, -0.2) is 8.42 Å². The fraction of sp³-hybridized carbons (Fsp3) is 0.455. The third kappa shape index (κ3) is 3.63. The second-order valence-corrected chi connectivity index (χ2v) is 12.2. The van der Waals surface area contributed by atoms with Crippen molar-refractivity contribution in [3.8, 4) is 0 Å². The lowest BCUT2D eigenvalue weighted by Gasteiger charge is -2.39. The van der Waals surface area contributed by atoms with E-state index in [1.165, 1.54) is 19.6 Å². The predicted octanol–water partition coefficient (Wildman–Crippen LogP) is 3.99. The molecule has 5 rings (SSSR count). The number of nitrogens with zero attached hydrogens (tertiary/aromatic N) is 3. The summed E-state index contributed by atoms with van der Waals surface area (Å²) in [6, 6.07) is 6.23. The maximum atomic E-state index is 13.6. The summed E-state index contributed by atoms with van der Waals surface area (Å²) >= 11 is 3.44. The number of hydrogen-bond acceptors (Lipinski definition) is 7. The van der Waals surface area contributed by atoms with Crippen LogP contribution in [0.25, 0.3) is 0 Å². The van der Waals surface area contributed by atoms with Crippen molar-refractivity contribution >= 4 is 38.6 Å². The molecule has 0 radical (unpaired) electrons. The summed E-state index contributed by atoms with van der Waals surface area (Å²) in [5.74, 6) is 0.266. The van der Waals surface area contributed by atoms with Gasteiger partial charge >= 0.3 is 0 Å². The van der Waals surface area contributed by atoms with Crippen molar-refractivity contribution in [3.63, 3.8) is 0 Å². The van der Waals surface area contributed by atoms with E-state index in [0.717, 1.165) is 6.42 Å². The summed E-state index contributed by atoms with van der Waals surface area (Å²) in [6.07, 6.45) is 1.91. The van der Waals surface area contributed by atoms with Crippen LogP contribution in [0.4, 0.5) is 0 Å². The molecule has 7 nitrogen and oxygen atoms in total. The molecule has 1 saturated heterocycles. The van der Waals surface area contributed by atoms with Crippen LogP contribution in [-0.4, -0.2) is 48.3 Å². The highest BCUT2D eigenvalue weighted by Crippen LogP contribution is 2.41. The van der Waals surface area contributed by atoms with Gasteiger partial charge in [0.25, 0.3) is 0 Å². The quantitative estimate of drug-likeness (QED) is 0.551. The molecule has 0 unspecified atom stereocenters. The summed E-state index contributed by atoms with van der Waals surface area (Å²) in [6.45, 7) is 4.60. The van der Waals surface area contributed by atoms with E-state index in [4.69, 9.17) is 4.52 Å². The zero-order valence-electron chi connectivity index (χ0n) is 18.0. The first-order valence-electron chi connectivity index (χ1n) is 10.7. The Bertz CT molecular complexity index is 1200. The maximum Gasteiger partial charge on any atom is 0.248 e. The molecule has 3 aromatic rings. The molecule has 10 heteroatoms. The van der Waals surface area contributed by atoms with Crippen LogP contribution in [-0.2, 0) is 21.2 Å². The van der Waals surface area contributed by atoms with Crippen LogP contribution in [0, 0.1) is 19.8 Å². The van der Waals surface area contributed by atoms with Crippen molar-refractivity contribution in [2.24, 2.45) is 5.92 Å². The Hall–Kier alpha value is -2.01. The molecule has 0 bridgehead atoms. The summed E-state index contributed by atoms with van der Waals surface area (Å²) in [5.41, 5.74) is 1.61. The highest BCUT2D eigenvalue weighted by Gasteiger charge is 2.40. The molecule has 1 amide bonds. The number of fused-ring (bicyclic) bond motifs is 1. The van der Waals surface area contributed by atoms with Crippen molar-refractivity contribution in [1.82, 2.24) is 14.4 Å². The molecule has 170 valence electrons. The van der Waals surface area contributed by atoms with Gasteiger partial charge in [0.1, 0.15) is 10.6 Å². The Morgan fingerprint density at radius 2 is 1.91 bits per heavy atom. The lowest BCUT2D eigenvalue weighted by Crippen LogP contribution is -2.47. The van der Waals surface area contributed by atoms with Crippen LogP contribution in [0.1, 0.15) is 45.7 Å². The van der Waals surface area contributed by atoms with E-state index in [-0.39, 0.29) is 22.8 Å². The third-order valence-electron chi connectivity index (χ3n) is 6.43. The standard InChI is InChI=1S/C22H25N3O4S3/c1-14-21(15(2)29-23-14)32(27,28)24-9-5-16(6-10-24)22(26)25-11-7-18-17(8-13-31-18)20(25)19-4-3-12-30-19/h3-4,8,12-13,16,20H,5-7,9-11H2,1-2H3/t20-/m1/s1. The SMILES string of the molecule is Cc1noc(C)c1S(=O)(=O)N1CCC(C(=O)N2CCc3sccc3[C@@H]2c2cccs2)CC1. The van der Waals surface area contributed by atoms with Crippen LogP contribution in [0.2, 0.25) is 0 Å². The minimum absolute atomic E-state index is 0.0402. The van der Waals surface area contributed by atoms with Gasteiger partial charge in [-0.2, -0.15) is 4.31 Å². The summed E-state index contributed by atoms with van der Waals surface area (Å²) < 4.78 is 32.8. The van der Waals surface area contributed by atoms with E-state index >= 15 is 0 Å². The van der Waals surface area contributed by atoms with Crippen LogP contribution in [0.5, 0.6) is 0 Å². The number of hydrogen-bond donors (Lipinski definition) is 0. The molecule has 2 aliphatic rings. The minimum Gasteiger partial charge on any atom is -0.360 e. The van der Waals surface area contributed by atoms with E-state index < -0.39 is 10.0 Å². The summed E-state index contributed by atoms with van der Waals surface area (Å²) in [5, 5.41) is 7.95. The molecule has 3 aromatic heterocycles. The monoisotopic (exact) mass is 491 g/mol. The number of carbonyl (C=O) groups excluding carboxylic acids is 1. The summed E-state index contributed by atoms with van der Waals surface area (Å²) in [4.78, 5) is 18.3. The minimum atomic E-state index is -3.68. The van der Waals surface area contributed by atoms with Gasteiger partial charge in [0.05, 0.1) is 6.04 Å². The van der Waals surface area contributed by atoms with Gasteiger partial charge in [-0.05, 0) is 61.6 Å². The molecule has 2 aliphatic heterocycles. The first-order valence-corrected chi connectivity index (χ1v) is 13.9. The molecule has 0 saturated carbocycles. The van der Waals surface area contributed by atoms with E-state index in [1.54, 1.807) is 36.5 Å². The molecule has 0 aromatic carbocycles. The van der Waals surface area contributed by atoms with Gasteiger partial charge < -0.3 is 9.42 Å². The normalized spacial score (nSPS) is 20.4. The molecular formula is C22H25N3O4S3. The Labute approximate surface area is 195 Å². The van der Waals surface area contributed by atoms with Crippen molar-refractivity contribution in [3.05, 3.63) is 55.7 Å². The van der Waals surface area contributed by atoms with Gasteiger partial charge in [0.15, 0.2) is 5.76 Å². The fourth-order valence-electron chi connectivity index (χ4n) is 4.86. The number of carbonyl (C=O) groups is 1. The predicted molar refractivity (Wildman–Crippen MR) is 123 cm³/mol. The average Bonchev–Trinajstić information content (AvgIpc) is 3.54. The van der Waals surface area contributed by atoms with Crippen molar-refractivity contribution in [2.75, 3.05) is 19.6 Å². The van der Waals surface area contributed by atoms with Crippen molar-refractivity contribution in [2.45, 2.75) is 44.0 Å². The molecular weight excluding hydrogens is 466 g/mol. The lowest BCUT2D eigenvalue weighted by atomic mass is 9.92. The zero-order chi connectivity index (χ0) is 22.5. The van der Waals surface area contributed by atoms with Crippen LogP contribution in [0.15, 0.2) is 38.4 Å². The van der Waals surface area contributed by atoms with E-state index in [2.05, 4.69) is 28.0 Å². The van der Waals surface area contributed by atoms with Gasteiger partial charge in [-0.15, -0.1) is 22.7 Å². The molecule has 0 spiro atoms. The zero-order valence-corrected chi connectivity index (χ0v) is 20.4. The van der Waals surface area contributed by atoms with Gasteiger partial charge in [-0.1, -0.05) is 11.2 Å². The number of aromatic nitrogens is 1. The number of piperidine rings is 1. The van der Waals surface area contributed by atoms with E-state index in [0.29, 0.717) is 43.9 Å². The Morgan fingerprint density at radius 3 is 2.56 bits per heavy atom. The topological polar surface area (TPSA) is 83.7 Å². The number of sulfonamides is 1. The molecule has 0 aliphatic carbocycles. The lowest BCUT2D eigenvalue weighted by molar-refractivity contribution is -0.138. The number of amides is 1. The van der Waals surface area contributed by atoms with Gasteiger partial charge in [0, 0.05) is 35.3 Å². The Kier molecular flexibility index (Phi) is 5.73. The molecule has 5 heterocycles. The largest absolute Gasteiger partial charge is 0.360 e. The maximum absolute atomic E-state index is 13.6. The molecule has 32 heavy (non-hydrogen) atoms. The first-order chi connectivity index (χ1) is 15.4. The highest BCUT2D eigenvalue weighted by atomic mass is 32.2. The Morgan fingerprint density at radius 1 is 1.12 bits per heavy atom. The molecule has 1 atom stereocenters. The van der Waals surface area contributed by atoms with Gasteiger partial charge in [0.2, 0.25) is 15.9 Å². The van der Waals surface area contributed by atoms with Crippen molar-refractivity contribution in [1.29, 1.82) is 0 Å². The number of aryl methyl sites for hydroxylation is 2. The number of thiophene rings is 2. The molecule has 0 N–H and O–H groups in total. The van der Waals surface area contributed by atoms with Gasteiger partial charge in [-0.3, -0.25) is 4.79 Å². The average molecular weight is 492 g/mol. The van der Waals surface area contributed by atoms with E-state index in [1.807, 2.05) is 11.0 Å². The van der Waals surface area contributed by atoms with Crippen LogP contribution in [0.3, 0.4) is 0 Å². The van der Waals surface area contributed by atoms with Crippen molar-refractivity contribution < 1.29 is 17.7 Å². The van der Waals surface area contributed by atoms with E-state index in [9.17, 15) is 13.2 Å². The van der Waals surface area contributed by atoms with Crippen LogP contribution < -0.4 is 0 Å². The fourth-order valence-corrected chi connectivity index (χ4v) is 8.38. The second-order valence-electron chi connectivity index (χ2n) is 8.33. The smallest absolute Gasteiger partial charge is 0.248 e. The third-order valence-corrected chi connectivity index (χ3v) is 10.5.